The molecule has 0 saturated heterocycles. The Kier molecular flexibility index (Phi) is 12.3. The van der Waals surface area contributed by atoms with Crippen LogP contribution in [0.1, 0.15) is 83.3 Å². The fraction of sp³-hybridized carbons (Fsp3) is 0.123. The van der Waals surface area contributed by atoms with Crippen LogP contribution in [0, 0.1) is 0 Å². The molecule has 0 bridgehead atoms. The lowest BCUT2D eigenvalue weighted by atomic mass is 9.65. The highest BCUT2D eigenvalue weighted by Gasteiger charge is 2.47. The first kappa shape index (κ1) is 39.5. The Morgan fingerprint density at radius 1 is 0.724 bits per heavy atom. The van der Waals surface area contributed by atoms with Crippen molar-refractivity contribution in [2.45, 2.75) is 38.6 Å². The molecule has 0 N–H and O–H groups in total. The molecule has 0 heterocycles. The predicted molar refractivity (Wildman–Crippen MR) is 252 cm³/mol. The summed E-state index contributed by atoms with van der Waals surface area (Å²) in [5, 5.41) is 0. The molecule has 5 aromatic carbocycles. The lowest BCUT2D eigenvalue weighted by Crippen LogP contribution is -2.31. The van der Waals surface area contributed by atoms with Crippen LogP contribution in [0.2, 0.25) is 0 Å². The van der Waals surface area contributed by atoms with E-state index in [0.717, 1.165) is 34.4 Å². The van der Waals surface area contributed by atoms with Crippen LogP contribution in [-0.4, -0.2) is 11.9 Å². The molecule has 1 nitrogen and oxygen atoms in total. The van der Waals surface area contributed by atoms with Gasteiger partial charge >= 0.3 is 0 Å². The monoisotopic (exact) mass is 751 g/mol. The van der Waals surface area contributed by atoms with Crippen LogP contribution in [0.5, 0.6) is 0 Å². The molecule has 2 aliphatic rings. The smallest absolute Gasteiger partial charge is 0.0719 e. The maximum absolute atomic E-state index is 4.57. The summed E-state index contributed by atoms with van der Waals surface area (Å²) in [6.45, 7) is 15.5. The molecule has 2 unspecified atom stereocenters. The summed E-state index contributed by atoms with van der Waals surface area (Å²) in [6, 6.07) is 46.4. The molecule has 0 amide bonds. The molecule has 5 aromatic rings. The van der Waals surface area contributed by atoms with Crippen molar-refractivity contribution >= 4 is 28.5 Å². The normalized spacial score (nSPS) is 17.2. The Morgan fingerprint density at radius 2 is 1.45 bits per heavy atom. The Labute approximate surface area is 346 Å². The number of benzene rings is 5. The van der Waals surface area contributed by atoms with Gasteiger partial charge in [-0.15, -0.1) is 0 Å². The van der Waals surface area contributed by atoms with Crippen LogP contribution in [0.15, 0.2) is 219 Å². The Balaban J connectivity index is 1.41. The van der Waals surface area contributed by atoms with Crippen LogP contribution >= 0.6 is 0 Å². The first-order valence-corrected chi connectivity index (χ1v) is 20.3. The summed E-state index contributed by atoms with van der Waals surface area (Å²) in [4.78, 5) is 2.41. The van der Waals surface area contributed by atoms with Gasteiger partial charge in [0.2, 0.25) is 0 Å². The van der Waals surface area contributed by atoms with Crippen LogP contribution in [0.4, 0.5) is 0 Å². The molecule has 7 rings (SSSR count). The Hall–Kier alpha value is -6.70. The number of allylic oxidation sites excluding steroid dienone is 16. The topological polar surface area (TPSA) is 3.24 Å². The van der Waals surface area contributed by atoms with Crippen LogP contribution in [0.3, 0.4) is 0 Å². The van der Waals surface area contributed by atoms with E-state index in [0.29, 0.717) is 0 Å². The van der Waals surface area contributed by atoms with Crippen molar-refractivity contribution < 1.29 is 0 Å². The molecular weight excluding hydrogens is 699 g/mol. The van der Waals surface area contributed by atoms with E-state index in [1.807, 2.05) is 13.0 Å². The summed E-state index contributed by atoms with van der Waals surface area (Å²) < 4.78 is 0. The number of hydrogen-bond donors (Lipinski definition) is 0. The third-order valence-corrected chi connectivity index (χ3v) is 11.5. The maximum atomic E-state index is 4.57. The van der Waals surface area contributed by atoms with Gasteiger partial charge < -0.3 is 4.90 Å². The average molecular weight is 752 g/mol. The van der Waals surface area contributed by atoms with E-state index >= 15 is 0 Å². The first-order valence-electron chi connectivity index (χ1n) is 20.3. The van der Waals surface area contributed by atoms with Gasteiger partial charge in [0.05, 0.1) is 11.5 Å². The number of hydrogen-bond acceptors (Lipinski definition) is 1. The minimum atomic E-state index is -0.618. The van der Waals surface area contributed by atoms with E-state index in [9.17, 15) is 0 Å². The lowest BCUT2D eigenvalue weighted by molar-refractivity contribution is 0.381. The van der Waals surface area contributed by atoms with Crippen molar-refractivity contribution in [3.63, 3.8) is 0 Å². The average Bonchev–Trinajstić information content (AvgIpc) is 3.91. The molecule has 286 valence electrons. The molecule has 58 heavy (non-hydrogen) atoms. The van der Waals surface area contributed by atoms with E-state index in [2.05, 4.69) is 239 Å². The highest BCUT2D eigenvalue weighted by molar-refractivity contribution is 5.93. The Morgan fingerprint density at radius 3 is 2.17 bits per heavy atom. The number of rotatable bonds is 14. The molecule has 0 fully saturated rings. The maximum Gasteiger partial charge on any atom is 0.0719 e. The van der Waals surface area contributed by atoms with Gasteiger partial charge in [-0.05, 0) is 112 Å². The van der Waals surface area contributed by atoms with Crippen molar-refractivity contribution in [3.8, 4) is 0 Å². The summed E-state index contributed by atoms with van der Waals surface area (Å²) >= 11 is 0. The van der Waals surface area contributed by atoms with Gasteiger partial charge in [0.15, 0.2) is 0 Å². The molecule has 0 aliphatic heterocycles. The fourth-order valence-corrected chi connectivity index (χ4v) is 8.56. The van der Waals surface area contributed by atoms with Gasteiger partial charge in [0.25, 0.3) is 0 Å². The third-order valence-electron chi connectivity index (χ3n) is 11.5. The minimum absolute atomic E-state index is 0.00876. The van der Waals surface area contributed by atoms with Crippen molar-refractivity contribution in [1.29, 1.82) is 0 Å². The zero-order valence-electron chi connectivity index (χ0n) is 34.3. The summed E-state index contributed by atoms with van der Waals surface area (Å²) in [5.74, 6) is 0. The fourth-order valence-electron chi connectivity index (χ4n) is 8.56. The third kappa shape index (κ3) is 7.69. The number of fused-ring (bicyclic) bond motifs is 1. The largest absolute Gasteiger partial charge is 0.367 e. The highest BCUT2D eigenvalue weighted by Crippen LogP contribution is 2.56. The lowest BCUT2D eigenvalue weighted by Gasteiger charge is -2.37. The second-order valence-corrected chi connectivity index (χ2v) is 14.9. The van der Waals surface area contributed by atoms with E-state index in [-0.39, 0.29) is 6.04 Å². The van der Waals surface area contributed by atoms with Gasteiger partial charge in [0.1, 0.15) is 0 Å². The van der Waals surface area contributed by atoms with E-state index in [1.165, 1.54) is 50.1 Å². The minimum Gasteiger partial charge on any atom is -0.367 e. The molecule has 1 heteroatoms. The SMILES string of the molecule is C=CC1=C(/C=C\C)c2ccc(C(C)N(C)/C(=C\C(=C)c3ccccc3)c3cccc(C4=CC=CC4)c3)cc2C1(c1ccccc1)c1ccccc1C=C/C=C\C=C/C. The Bertz CT molecular complexity index is 2550. The first-order chi connectivity index (χ1) is 28.4. The van der Waals surface area contributed by atoms with Gasteiger partial charge in [-0.25, -0.2) is 0 Å². The van der Waals surface area contributed by atoms with E-state index in [4.69, 9.17) is 0 Å². The van der Waals surface area contributed by atoms with Crippen molar-refractivity contribution in [2.75, 3.05) is 7.05 Å². The zero-order valence-corrected chi connectivity index (χ0v) is 34.3. The van der Waals surface area contributed by atoms with Crippen molar-refractivity contribution in [2.24, 2.45) is 0 Å². The van der Waals surface area contributed by atoms with Crippen molar-refractivity contribution in [1.82, 2.24) is 4.90 Å². The van der Waals surface area contributed by atoms with Crippen LogP contribution in [0.25, 0.3) is 28.5 Å². The van der Waals surface area contributed by atoms with Crippen LogP contribution < -0.4 is 0 Å². The summed E-state index contributed by atoms with van der Waals surface area (Å²) in [5.41, 5.74) is 16.0. The summed E-state index contributed by atoms with van der Waals surface area (Å²) in [6.07, 6.45) is 28.9. The molecule has 0 saturated carbocycles. The molecular formula is C57H53N. The molecule has 2 atom stereocenters. The molecule has 0 spiro atoms. The van der Waals surface area contributed by atoms with Gasteiger partial charge in [-0.3, -0.25) is 0 Å². The predicted octanol–water partition coefficient (Wildman–Crippen LogP) is 14.8. The van der Waals surface area contributed by atoms with Crippen molar-refractivity contribution in [3.05, 3.63) is 269 Å². The standard InChI is InChI=1S/C57H53N/c1-7-10-11-12-15-30-46-31-22-23-36-54(46)57(50-34-18-14-19-35-50)53(9-3)51(25-8-2)52-38-37-47(41-55(52)57)43(5)58(6)56(39-42(4)44-26-16-13-17-27-44)49-33-24-32-48(40-49)45-28-20-21-29-45/h7-28,30-41,43H,3-4,29H2,1-2,5-6H3/b10-7-,12-11-,25-8-,30-15?,56-39-. The molecule has 0 aromatic heterocycles. The van der Waals surface area contributed by atoms with E-state index < -0.39 is 5.41 Å². The second kappa shape index (κ2) is 18.0. The second-order valence-electron chi connectivity index (χ2n) is 14.9. The van der Waals surface area contributed by atoms with Gasteiger partial charge in [-0.1, -0.05) is 207 Å². The molecule has 0 radical (unpaired) electrons. The molecule has 2 aliphatic carbocycles. The van der Waals surface area contributed by atoms with Gasteiger partial charge in [-0.2, -0.15) is 0 Å². The quantitative estimate of drug-likeness (QED) is 0.102. The number of nitrogens with zero attached hydrogens (tertiary/aromatic N) is 1. The van der Waals surface area contributed by atoms with E-state index in [1.54, 1.807) is 0 Å². The zero-order chi connectivity index (χ0) is 40.5. The van der Waals surface area contributed by atoms with Gasteiger partial charge in [0, 0.05) is 12.7 Å². The van der Waals surface area contributed by atoms with Crippen LogP contribution in [-0.2, 0) is 5.41 Å². The summed E-state index contributed by atoms with van der Waals surface area (Å²) in [7, 11) is 2.22. The highest BCUT2D eigenvalue weighted by atomic mass is 15.1.